The van der Waals surface area contributed by atoms with Gasteiger partial charge in [-0.05, 0) is 37.0 Å². The Morgan fingerprint density at radius 1 is 1.07 bits per heavy atom. The maximum atomic E-state index is 12.2. The maximum absolute atomic E-state index is 12.2. The first-order valence-corrected chi connectivity index (χ1v) is 11.4. The summed E-state index contributed by atoms with van der Waals surface area (Å²) in [6.07, 6.45) is 1.72. The molecule has 1 N–H and O–H groups in total. The van der Waals surface area contributed by atoms with Crippen LogP contribution in [0.4, 0.5) is 5.69 Å². The fourth-order valence-electron chi connectivity index (χ4n) is 3.00. The summed E-state index contributed by atoms with van der Waals surface area (Å²) in [6.45, 7) is 4.18. The summed E-state index contributed by atoms with van der Waals surface area (Å²) >= 11 is 0. The third-order valence-electron chi connectivity index (χ3n) is 4.68. The number of carbonyl (C=O) groups is 2. The number of hydrogen-bond donors (Lipinski definition) is 1. The minimum absolute atomic E-state index is 0.112. The number of nitrogens with zero attached hydrogens (tertiary/aromatic N) is 1. The fraction of sp³-hybridized carbons (Fsp3) is 0.364. The number of nitrogens with one attached hydrogen (secondary N) is 1. The number of anilines is 1. The van der Waals surface area contributed by atoms with Gasteiger partial charge in [0.05, 0.1) is 11.9 Å². The lowest BCUT2D eigenvalue weighted by atomic mass is 10.0. The molecule has 0 aromatic heterocycles. The Morgan fingerprint density at radius 2 is 1.76 bits per heavy atom. The molecule has 0 saturated carbocycles. The quantitative estimate of drug-likeness (QED) is 0.602. The number of ketones is 1. The average Bonchev–Trinajstić information content (AvgIpc) is 2.69. The van der Waals surface area contributed by atoms with Gasteiger partial charge in [0.15, 0.2) is 5.78 Å². The smallest absolute Gasteiger partial charge is 0.232 e. The van der Waals surface area contributed by atoms with E-state index in [1.807, 2.05) is 37.3 Å². The predicted octanol–water partition coefficient (Wildman–Crippen LogP) is 3.36. The van der Waals surface area contributed by atoms with E-state index in [1.54, 1.807) is 24.3 Å². The SMILES string of the molecule is CC(=O)c1cccc(N(CCCC(=O)NC[C@@H](C)c2ccccc2)S(C)(=O)=O)c1. The lowest BCUT2D eigenvalue weighted by molar-refractivity contribution is -0.121. The minimum atomic E-state index is -3.53. The van der Waals surface area contributed by atoms with Crippen molar-refractivity contribution in [2.24, 2.45) is 0 Å². The zero-order valence-corrected chi connectivity index (χ0v) is 17.9. The van der Waals surface area contributed by atoms with Crippen LogP contribution in [0.2, 0.25) is 0 Å². The molecule has 6 nitrogen and oxygen atoms in total. The van der Waals surface area contributed by atoms with E-state index < -0.39 is 10.0 Å². The third-order valence-corrected chi connectivity index (χ3v) is 5.87. The molecule has 0 fully saturated rings. The zero-order chi connectivity index (χ0) is 21.4. The molecule has 2 rings (SSSR count). The Balaban J connectivity index is 1.91. The normalized spacial score (nSPS) is 12.2. The highest BCUT2D eigenvalue weighted by Crippen LogP contribution is 2.20. The van der Waals surface area contributed by atoms with Gasteiger partial charge in [-0.25, -0.2) is 8.42 Å². The van der Waals surface area contributed by atoms with E-state index in [9.17, 15) is 18.0 Å². The Labute approximate surface area is 173 Å². The molecule has 0 heterocycles. The van der Waals surface area contributed by atoms with Crippen LogP contribution in [-0.4, -0.2) is 39.5 Å². The van der Waals surface area contributed by atoms with Crippen LogP contribution in [-0.2, 0) is 14.8 Å². The Hall–Kier alpha value is -2.67. The van der Waals surface area contributed by atoms with Crippen molar-refractivity contribution in [3.63, 3.8) is 0 Å². The first-order chi connectivity index (χ1) is 13.7. The second-order valence-electron chi connectivity index (χ2n) is 7.16. The van der Waals surface area contributed by atoms with Gasteiger partial charge in [-0.3, -0.25) is 13.9 Å². The van der Waals surface area contributed by atoms with Crippen LogP contribution in [0.3, 0.4) is 0 Å². The predicted molar refractivity (Wildman–Crippen MR) is 116 cm³/mol. The van der Waals surface area contributed by atoms with Crippen molar-refractivity contribution < 1.29 is 18.0 Å². The molecule has 0 bridgehead atoms. The molecule has 0 aliphatic heterocycles. The van der Waals surface area contributed by atoms with Crippen LogP contribution >= 0.6 is 0 Å². The number of hydrogen-bond acceptors (Lipinski definition) is 4. The van der Waals surface area contributed by atoms with Gasteiger partial charge in [0.2, 0.25) is 15.9 Å². The molecule has 0 aliphatic carbocycles. The summed E-state index contributed by atoms with van der Waals surface area (Å²) in [5.41, 5.74) is 2.03. The van der Waals surface area contributed by atoms with Gasteiger partial charge in [0, 0.05) is 25.1 Å². The van der Waals surface area contributed by atoms with Gasteiger partial charge in [-0.15, -0.1) is 0 Å². The molecular formula is C22H28N2O4S. The van der Waals surface area contributed by atoms with Gasteiger partial charge in [-0.1, -0.05) is 49.4 Å². The lowest BCUT2D eigenvalue weighted by Gasteiger charge is -2.23. The van der Waals surface area contributed by atoms with Crippen molar-refractivity contribution in [1.29, 1.82) is 0 Å². The molecule has 7 heteroatoms. The molecule has 0 radical (unpaired) electrons. The molecular weight excluding hydrogens is 388 g/mol. The summed E-state index contributed by atoms with van der Waals surface area (Å²) in [7, 11) is -3.53. The standard InChI is InChI=1S/C22H28N2O4S/c1-17(19-9-5-4-6-10-19)16-23-22(26)13-8-14-24(29(3,27)28)21-12-7-11-20(15-21)18(2)25/h4-7,9-12,15,17H,8,13-14,16H2,1-3H3,(H,23,26)/t17-/m1/s1. The van der Waals surface area contributed by atoms with E-state index in [1.165, 1.54) is 11.2 Å². The molecule has 156 valence electrons. The largest absolute Gasteiger partial charge is 0.356 e. The molecule has 29 heavy (non-hydrogen) atoms. The summed E-state index contributed by atoms with van der Waals surface area (Å²) in [4.78, 5) is 23.7. The lowest BCUT2D eigenvalue weighted by Crippen LogP contribution is -2.32. The van der Waals surface area contributed by atoms with Crippen LogP contribution in [0.1, 0.15) is 48.5 Å². The first-order valence-electron chi connectivity index (χ1n) is 9.59. The molecule has 1 atom stereocenters. The van der Waals surface area contributed by atoms with E-state index in [-0.39, 0.29) is 30.6 Å². The maximum Gasteiger partial charge on any atom is 0.232 e. The zero-order valence-electron chi connectivity index (χ0n) is 17.1. The van der Waals surface area contributed by atoms with Crippen LogP contribution in [0.25, 0.3) is 0 Å². The van der Waals surface area contributed by atoms with Crippen LogP contribution in [0.5, 0.6) is 0 Å². The molecule has 0 unspecified atom stereocenters. The monoisotopic (exact) mass is 416 g/mol. The topological polar surface area (TPSA) is 83.6 Å². The number of rotatable bonds is 10. The molecule has 2 aromatic carbocycles. The van der Waals surface area contributed by atoms with Gasteiger partial charge in [-0.2, -0.15) is 0 Å². The highest BCUT2D eigenvalue weighted by Gasteiger charge is 2.18. The summed E-state index contributed by atoms with van der Waals surface area (Å²) in [5, 5.41) is 2.91. The third kappa shape index (κ3) is 7.02. The molecule has 1 amide bonds. The van der Waals surface area contributed by atoms with Gasteiger partial charge < -0.3 is 5.32 Å². The van der Waals surface area contributed by atoms with E-state index in [0.29, 0.717) is 24.2 Å². The summed E-state index contributed by atoms with van der Waals surface area (Å²) < 4.78 is 25.6. The molecule has 2 aromatic rings. The van der Waals surface area contributed by atoms with Crippen molar-refractivity contribution in [2.75, 3.05) is 23.7 Å². The molecule has 0 spiro atoms. The van der Waals surface area contributed by atoms with E-state index in [4.69, 9.17) is 0 Å². The van der Waals surface area contributed by atoms with Crippen LogP contribution < -0.4 is 9.62 Å². The highest BCUT2D eigenvalue weighted by molar-refractivity contribution is 7.92. The van der Waals surface area contributed by atoms with Crippen LogP contribution in [0.15, 0.2) is 54.6 Å². The van der Waals surface area contributed by atoms with Crippen molar-refractivity contribution >= 4 is 27.4 Å². The molecule has 0 saturated heterocycles. The highest BCUT2D eigenvalue weighted by atomic mass is 32.2. The second kappa shape index (κ2) is 10.2. The Morgan fingerprint density at radius 3 is 2.38 bits per heavy atom. The number of carbonyl (C=O) groups excluding carboxylic acids is 2. The van der Waals surface area contributed by atoms with Gasteiger partial charge in [0.1, 0.15) is 0 Å². The minimum Gasteiger partial charge on any atom is -0.356 e. The Kier molecular flexibility index (Phi) is 7.96. The van der Waals surface area contributed by atoms with Gasteiger partial charge >= 0.3 is 0 Å². The van der Waals surface area contributed by atoms with E-state index in [0.717, 1.165) is 11.8 Å². The summed E-state index contributed by atoms with van der Waals surface area (Å²) in [5.74, 6) is -0.0482. The second-order valence-corrected chi connectivity index (χ2v) is 9.07. The van der Waals surface area contributed by atoms with Crippen molar-refractivity contribution in [1.82, 2.24) is 5.32 Å². The van der Waals surface area contributed by atoms with Crippen molar-refractivity contribution in [3.8, 4) is 0 Å². The van der Waals surface area contributed by atoms with Crippen LogP contribution in [0, 0.1) is 0 Å². The molecule has 0 aliphatic rings. The Bertz CT molecular complexity index is 942. The first kappa shape index (κ1) is 22.6. The van der Waals surface area contributed by atoms with Crippen molar-refractivity contribution in [2.45, 2.75) is 32.6 Å². The number of Topliss-reactive ketones (excluding diaryl/α,β-unsaturated/α-hetero) is 1. The van der Waals surface area contributed by atoms with Gasteiger partial charge in [0.25, 0.3) is 0 Å². The number of amides is 1. The number of sulfonamides is 1. The number of benzene rings is 2. The average molecular weight is 417 g/mol. The summed E-state index contributed by atoms with van der Waals surface area (Å²) in [6, 6.07) is 16.4. The van der Waals surface area contributed by atoms with Crippen molar-refractivity contribution in [3.05, 3.63) is 65.7 Å². The van der Waals surface area contributed by atoms with E-state index >= 15 is 0 Å². The van der Waals surface area contributed by atoms with E-state index in [2.05, 4.69) is 5.32 Å². The fourth-order valence-corrected chi connectivity index (χ4v) is 3.96.